The normalized spacial score (nSPS) is 18.7. The van der Waals surface area contributed by atoms with E-state index in [0.29, 0.717) is 12.1 Å². The van der Waals surface area contributed by atoms with Crippen LogP contribution in [0.4, 0.5) is 0 Å². The van der Waals surface area contributed by atoms with E-state index in [1.54, 1.807) is 16.9 Å². The number of likely N-dealkylation sites (tertiary alicyclic amines) is 1. The van der Waals surface area contributed by atoms with Crippen LogP contribution in [0.15, 0.2) is 43.0 Å². The Labute approximate surface area is 127 Å². The van der Waals surface area contributed by atoms with Gasteiger partial charge in [-0.15, -0.1) is 0 Å². The van der Waals surface area contributed by atoms with Crippen molar-refractivity contribution in [3.63, 3.8) is 0 Å². The molecule has 1 aliphatic heterocycles. The molecule has 0 radical (unpaired) electrons. The third kappa shape index (κ3) is 2.16. The Balaban J connectivity index is 1.60. The number of fused-ring (bicyclic) bond motifs is 1. The summed E-state index contributed by atoms with van der Waals surface area (Å²) in [5.74, 6) is 1.31. The quantitative estimate of drug-likeness (QED) is 0.787. The van der Waals surface area contributed by atoms with Gasteiger partial charge in [-0.25, -0.2) is 9.50 Å². The maximum atomic E-state index is 12.8. The van der Waals surface area contributed by atoms with Gasteiger partial charge in [0.05, 0.1) is 17.3 Å². The predicted molar refractivity (Wildman–Crippen MR) is 81.7 cm³/mol. The number of amides is 1. The minimum atomic E-state index is 0.0532. The monoisotopic (exact) mass is 295 g/mol. The summed E-state index contributed by atoms with van der Waals surface area (Å²) < 4.78 is 1.74. The lowest BCUT2D eigenvalue weighted by atomic mass is 9.97. The Morgan fingerprint density at radius 3 is 3.18 bits per heavy atom. The van der Waals surface area contributed by atoms with E-state index in [0.717, 1.165) is 30.7 Å². The van der Waals surface area contributed by atoms with Gasteiger partial charge in [0.2, 0.25) is 0 Å². The number of piperidine rings is 1. The van der Waals surface area contributed by atoms with Crippen molar-refractivity contribution in [2.45, 2.75) is 18.8 Å². The molecule has 0 unspecified atom stereocenters. The van der Waals surface area contributed by atoms with Crippen LogP contribution in [0.1, 0.15) is 34.9 Å². The van der Waals surface area contributed by atoms with Crippen LogP contribution in [0.3, 0.4) is 0 Å². The first-order valence-corrected chi connectivity index (χ1v) is 7.54. The molecule has 1 fully saturated rings. The fourth-order valence-corrected chi connectivity index (χ4v) is 3.16. The van der Waals surface area contributed by atoms with Crippen LogP contribution < -0.4 is 0 Å². The highest BCUT2D eigenvalue weighted by Gasteiger charge is 2.28. The lowest BCUT2D eigenvalue weighted by molar-refractivity contribution is 0.0706. The van der Waals surface area contributed by atoms with Crippen LogP contribution in [0.25, 0.3) is 5.52 Å². The average molecular weight is 295 g/mol. The molecule has 4 heterocycles. The molecule has 112 valence electrons. The van der Waals surface area contributed by atoms with E-state index >= 15 is 0 Å². The number of nitrogens with zero attached hydrogens (tertiary/aromatic N) is 4. The SMILES string of the molecule is O=C(c1cnn2ccccc12)N1CCC[C@@H](c2ncc[nH]2)C1. The highest BCUT2D eigenvalue weighted by Crippen LogP contribution is 2.26. The first kappa shape index (κ1) is 13.1. The summed E-state index contributed by atoms with van der Waals surface area (Å²) in [6.07, 6.45) is 9.17. The smallest absolute Gasteiger partial charge is 0.257 e. The fraction of sp³-hybridized carbons (Fsp3) is 0.312. The molecular formula is C16H17N5O. The molecule has 22 heavy (non-hydrogen) atoms. The van der Waals surface area contributed by atoms with E-state index in [9.17, 15) is 4.79 Å². The third-order valence-corrected chi connectivity index (χ3v) is 4.27. The number of pyridine rings is 1. The third-order valence-electron chi connectivity index (χ3n) is 4.27. The van der Waals surface area contributed by atoms with Crippen LogP contribution in [-0.2, 0) is 0 Å². The second-order valence-corrected chi connectivity index (χ2v) is 5.65. The predicted octanol–water partition coefficient (Wildman–Crippen LogP) is 2.08. The molecule has 1 N–H and O–H groups in total. The zero-order valence-electron chi connectivity index (χ0n) is 12.1. The van der Waals surface area contributed by atoms with Gasteiger partial charge in [0, 0.05) is 37.6 Å². The van der Waals surface area contributed by atoms with E-state index in [2.05, 4.69) is 15.1 Å². The Bertz CT molecular complexity index is 792. The van der Waals surface area contributed by atoms with E-state index in [1.807, 2.05) is 35.5 Å². The van der Waals surface area contributed by atoms with Crippen molar-refractivity contribution in [3.8, 4) is 0 Å². The van der Waals surface area contributed by atoms with Crippen molar-refractivity contribution in [1.29, 1.82) is 0 Å². The second-order valence-electron chi connectivity index (χ2n) is 5.65. The van der Waals surface area contributed by atoms with Gasteiger partial charge in [-0.05, 0) is 25.0 Å². The number of H-pyrrole nitrogens is 1. The van der Waals surface area contributed by atoms with Crippen LogP contribution in [-0.4, -0.2) is 43.5 Å². The van der Waals surface area contributed by atoms with Crippen LogP contribution in [0.2, 0.25) is 0 Å². The minimum absolute atomic E-state index is 0.0532. The van der Waals surface area contributed by atoms with Crippen molar-refractivity contribution in [2.24, 2.45) is 0 Å². The van der Waals surface area contributed by atoms with Gasteiger partial charge in [-0.3, -0.25) is 4.79 Å². The fourth-order valence-electron chi connectivity index (χ4n) is 3.16. The number of hydrogen-bond acceptors (Lipinski definition) is 3. The number of aromatic nitrogens is 4. The summed E-state index contributed by atoms with van der Waals surface area (Å²) in [4.78, 5) is 22.3. The van der Waals surface area contributed by atoms with Gasteiger partial charge in [0.1, 0.15) is 5.82 Å². The Hall–Kier alpha value is -2.63. The lowest BCUT2D eigenvalue weighted by Crippen LogP contribution is -2.39. The number of imidazole rings is 1. The molecular weight excluding hydrogens is 278 g/mol. The highest BCUT2D eigenvalue weighted by molar-refractivity contribution is 6.00. The van der Waals surface area contributed by atoms with Crippen molar-refractivity contribution >= 4 is 11.4 Å². The van der Waals surface area contributed by atoms with E-state index in [-0.39, 0.29) is 11.8 Å². The molecule has 0 aliphatic carbocycles. The number of nitrogens with one attached hydrogen (secondary N) is 1. The van der Waals surface area contributed by atoms with E-state index in [4.69, 9.17) is 0 Å². The molecule has 1 saturated heterocycles. The first-order chi connectivity index (χ1) is 10.8. The topological polar surface area (TPSA) is 66.3 Å². The van der Waals surface area contributed by atoms with Crippen molar-refractivity contribution < 1.29 is 4.79 Å². The van der Waals surface area contributed by atoms with Gasteiger partial charge in [0.15, 0.2) is 0 Å². The summed E-state index contributed by atoms with van der Waals surface area (Å²) in [6.45, 7) is 1.50. The number of carbonyl (C=O) groups is 1. The van der Waals surface area contributed by atoms with Gasteiger partial charge in [0.25, 0.3) is 5.91 Å². The summed E-state index contributed by atoms with van der Waals surface area (Å²) in [7, 11) is 0. The molecule has 0 aromatic carbocycles. The molecule has 0 saturated carbocycles. The highest BCUT2D eigenvalue weighted by atomic mass is 16.2. The Morgan fingerprint density at radius 1 is 1.36 bits per heavy atom. The first-order valence-electron chi connectivity index (χ1n) is 7.54. The van der Waals surface area contributed by atoms with Crippen LogP contribution in [0, 0.1) is 0 Å². The van der Waals surface area contributed by atoms with Crippen molar-refractivity contribution in [3.05, 3.63) is 54.4 Å². The lowest BCUT2D eigenvalue weighted by Gasteiger charge is -2.31. The molecule has 6 heteroatoms. The molecule has 0 bridgehead atoms. The number of aromatic amines is 1. The molecule has 3 aromatic heterocycles. The standard InChI is InChI=1S/C16H17N5O/c22-16(13-10-19-21-9-2-1-5-14(13)21)20-8-3-4-12(11-20)15-17-6-7-18-15/h1-2,5-7,9-10,12H,3-4,8,11H2,(H,17,18)/t12-/m1/s1. The molecule has 1 atom stereocenters. The van der Waals surface area contributed by atoms with Crippen LogP contribution >= 0.6 is 0 Å². The van der Waals surface area contributed by atoms with E-state index < -0.39 is 0 Å². The zero-order valence-corrected chi connectivity index (χ0v) is 12.1. The van der Waals surface area contributed by atoms with Crippen molar-refractivity contribution in [1.82, 2.24) is 24.5 Å². The molecule has 0 spiro atoms. The van der Waals surface area contributed by atoms with Crippen molar-refractivity contribution in [2.75, 3.05) is 13.1 Å². The molecule has 4 rings (SSSR count). The van der Waals surface area contributed by atoms with Gasteiger partial charge in [-0.1, -0.05) is 6.07 Å². The van der Waals surface area contributed by atoms with Gasteiger partial charge < -0.3 is 9.88 Å². The maximum Gasteiger partial charge on any atom is 0.257 e. The van der Waals surface area contributed by atoms with Crippen LogP contribution in [0.5, 0.6) is 0 Å². The second kappa shape index (κ2) is 5.29. The summed E-state index contributed by atoms with van der Waals surface area (Å²) in [6, 6.07) is 5.76. The molecule has 3 aromatic rings. The maximum absolute atomic E-state index is 12.8. The number of hydrogen-bond donors (Lipinski definition) is 1. The summed E-state index contributed by atoms with van der Waals surface area (Å²) in [5.41, 5.74) is 1.52. The minimum Gasteiger partial charge on any atom is -0.348 e. The average Bonchev–Trinajstić information content (AvgIpc) is 3.24. The Morgan fingerprint density at radius 2 is 2.32 bits per heavy atom. The summed E-state index contributed by atoms with van der Waals surface area (Å²) >= 11 is 0. The largest absolute Gasteiger partial charge is 0.348 e. The van der Waals surface area contributed by atoms with E-state index in [1.165, 1.54) is 0 Å². The number of rotatable bonds is 2. The van der Waals surface area contributed by atoms with Gasteiger partial charge in [-0.2, -0.15) is 5.10 Å². The van der Waals surface area contributed by atoms with Gasteiger partial charge >= 0.3 is 0 Å². The molecule has 1 aliphatic rings. The number of carbonyl (C=O) groups excluding carboxylic acids is 1. The molecule has 6 nitrogen and oxygen atoms in total. The Kier molecular flexibility index (Phi) is 3.14. The molecule has 1 amide bonds. The zero-order chi connectivity index (χ0) is 14.9. The summed E-state index contributed by atoms with van der Waals surface area (Å²) in [5, 5.41) is 4.25.